The van der Waals surface area contributed by atoms with Gasteiger partial charge in [-0.2, -0.15) is 0 Å². The molecule has 316 valence electrons. The van der Waals surface area contributed by atoms with Crippen LogP contribution in [0.5, 0.6) is 34.5 Å². The molecule has 0 amide bonds. The Labute approximate surface area is 357 Å². The van der Waals surface area contributed by atoms with Crippen LogP contribution < -0.4 is 34.2 Å². The molecule has 0 aliphatic rings. The van der Waals surface area contributed by atoms with Gasteiger partial charge in [0.2, 0.25) is 11.5 Å². The Morgan fingerprint density at radius 3 is 1.08 bits per heavy atom. The van der Waals surface area contributed by atoms with Gasteiger partial charge in [-0.05, 0) is 52.1 Å². The highest BCUT2D eigenvalue weighted by Gasteiger charge is 2.23. The van der Waals surface area contributed by atoms with E-state index in [1.807, 2.05) is 121 Å². The first-order valence-electron chi connectivity index (χ1n) is 19.3. The quantitative estimate of drug-likeness (QED) is 0.0703. The molecule has 0 aliphatic heterocycles. The number of carbonyl (C=O) groups excluding carboxylic acids is 3. The van der Waals surface area contributed by atoms with E-state index in [1.54, 1.807) is 51.8 Å². The SMILES string of the molecule is COc1cc(C=NCC(=O)C(c2ccccc2)c2ccccc2)cc(OC)c1OC.COc1cc(C=O)cc(OC)c1OC.NCC(=O)C(c1ccccc1)c1ccccc1. The minimum atomic E-state index is -0.357. The monoisotopic (exact) mass is 824 g/mol. The third kappa shape index (κ3) is 12.9. The van der Waals surface area contributed by atoms with Crippen LogP contribution in [0.25, 0.3) is 0 Å². The van der Waals surface area contributed by atoms with Gasteiger partial charge in [0, 0.05) is 11.8 Å². The maximum absolute atomic E-state index is 13.1. The van der Waals surface area contributed by atoms with Gasteiger partial charge in [0.25, 0.3) is 0 Å². The van der Waals surface area contributed by atoms with Crippen LogP contribution in [0.15, 0.2) is 151 Å². The standard InChI is InChI=1S/C25H25NO4.C15H15NO.C10H12O4/c1-28-22-14-18(15-23(29-2)25(22)30-3)16-26-17-21(27)24(19-10-6-4-7-11-19)20-12-8-5-9-13-20;16-11-14(17)15(12-7-3-1-4-8-12)13-9-5-2-6-10-13;1-12-8-4-7(6-11)5-9(13-2)10(8)14-3/h4-16,24H,17H2,1-3H3;1-10,15H,11,16H2;4-6H,1-3H3. The minimum Gasteiger partial charge on any atom is -0.493 e. The summed E-state index contributed by atoms with van der Waals surface area (Å²) in [6, 6.07) is 45.8. The molecule has 0 aliphatic carbocycles. The van der Waals surface area contributed by atoms with E-state index in [-0.39, 0.29) is 36.5 Å². The van der Waals surface area contributed by atoms with Crippen molar-refractivity contribution in [3.05, 3.63) is 179 Å². The number of Topliss-reactive ketones (excluding diaryl/α,β-unsaturated/α-hetero) is 2. The number of aliphatic imine (C=N–C) groups is 1. The van der Waals surface area contributed by atoms with Gasteiger partial charge in [-0.25, -0.2) is 0 Å². The topological polar surface area (TPSA) is 145 Å². The molecule has 0 spiro atoms. The lowest BCUT2D eigenvalue weighted by Gasteiger charge is -2.16. The number of aldehydes is 1. The van der Waals surface area contributed by atoms with Crippen molar-refractivity contribution >= 4 is 24.1 Å². The van der Waals surface area contributed by atoms with E-state index >= 15 is 0 Å². The predicted octanol–water partition coefficient (Wildman–Crippen LogP) is 8.40. The summed E-state index contributed by atoms with van der Waals surface area (Å²) < 4.78 is 31.3. The fraction of sp³-hybridized carbons (Fsp3) is 0.200. The first kappa shape index (κ1) is 46.4. The van der Waals surface area contributed by atoms with Crippen molar-refractivity contribution in [2.75, 3.05) is 55.7 Å². The summed E-state index contributed by atoms with van der Waals surface area (Å²) in [7, 11) is 9.21. The van der Waals surface area contributed by atoms with Crippen LogP contribution in [0.3, 0.4) is 0 Å². The van der Waals surface area contributed by atoms with Crippen LogP contribution in [0.1, 0.15) is 50.0 Å². The van der Waals surface area contributed by atoms with E-state index in [0.29, 0.717) is 40.1 Å². The van der Waals surface area contributed by atoms with Gasteiger partial charge >= 0.3 is 0 Å². The smallest absolute Gasteiger partial charge is 0.203 e. The zero-order valence-corrected chi connectivity index (χ0v) is 35.3. The van der Waals surface area contributed by atoms with Gasteiger partial charge in [-0.3, -0.25) is 19.4 Å². The molecule has 0 bridgehead atoms. The number of benzene rings is 6. The molecule has 61 heavy (non-hydrogen) atoms. The molecule has 0 aromatic heterocycles. The van der Waals surface area contributed by atoms with Crippen LogP contribution in [-0.4, -0.2) is 79.8 Å². The van der Waals surface area contributed by atoms with Gasteiger partial charge in [0.15, 0.2) is 34.6 Å². The molecule has 0 fully saturated rings. The fourth-order valence-corrected chi connectivity index (χ4v) is 6.51. The second kappa shape index (κ2) is 24.6. The maximum atomic E-state index is 13.1. The first-order valence-corrected chi connectivity index (χ1v) is 19.3. The van der Waals surface area contributed by atoms with E-state index in [9.17, 15) is 14.4 Å². The Balaban J connectivity index is 0.000000223. The van der Waals surface area contributed by atoms with Gasteiger partial charge in [-0.15, -0.1) is 0 Å². The molecule has 11 nitrogen and oxygen atoms in total. The van der Waals surface area contributed by atoms with Crippen LogP contribution >= 0.6 is 0 Å². The highest BCUT2D eigenvalue weighted by atomic mass is 16.5. The second-order valence-corrected chi connectivity index (χ2v) is 13.2. The van der Waals surface area contributed by atoms with E-state index in [0.717, 1.165) is 34.1 Å². The molecule has 0 saturated heterocycles. The molecule has 0 unspecified atom stereocenters. The average molecular weight is 825 g/mol. The van der Waals surface area contributed by atoms with Crippen molar-refractivity contribution in [1.29, 1.82) is 0 Å². The highest BCUT2D eigenvalue weighted by Crippen LogP contribution is 2.39. The number of hydrogen-bond acceptors (Lipinski definition) is 11. The summed E-state index contributed by atoms with van der Waals surface area (Å²) in [5, 5.41) is 0. The van der Waals surface area contributed by atoms with Crippen molar-refractivity contribution < 1.29 is 42.8 Å². The number of carbonyl (C=O) groups is 3. The van der Waals surface area contributed by atoms with Gasteiger partial charge in [0.1, 0.15) is 6.29 Å². The summed E-state index contributed by atoms with van der Waals surface area (Å²) in [4.78, 5) is 40.1. The summed E-state index contributed by atoms with van der Waals surface area (Å²) in [5.41, 5.74) is 10.6. The first-order chi connectivity index (χ1) is 29.8. The Morgan fingerprint density at radius 2 is 0.803 bits per heavy atom. The Morgan fingerprint density at radius 1 is 0.492 bits per heavy atom. The molecule has 0 heterocycles. The van der Waals surface area contributed by atoms with Crippen molar-refractivity contribution in [3.63, 3.8) is 0 Å². The number of nitrogens with zero attached hydrogens (tertiary/aromatic N) is 1. The summed E-state index contributed by atoms with van der Waals surface area (Å²) in [5.74, 6) is 2.50. The van der Waals surface area contributed by atoms with E-state index in [2.05, 4.69) is 4.99 Å². The molecule has 6 rings (SSSR count). The lowest BCUT2D eigenvalue weighted by Crippen LogP contribution is -2.22. The minimum absolute atomic E-state index is 0.0242. The van der Waals surface area contributed by atoms with Crippen LogP contribution in [0.4, 0.5) is 0 Å². The average Bonchev–Trinajstić information content (AvgIpc) is 3.32. The highest BCUT2D eigenvalue weighted by molar-refractivity contribution is 5.93. The van der Waals surface area contributed by atoms with Crippen molar-refractivity contribution in [3.8, 4) is 34.5 Å². The predicted molar refractivity (Wildman–Crippen MR) is 239 cm³/mol. The third-order valence-electron chi connectivity index (χ3n) is 9.37. The molecule has 2 N–H and O–H groups in total. The van der Waals surface area contributed by atoms with Gasteiger partial charge in [-0.1, -0.05) is 121 Å². The number of hydrogen-bond donors (Lipinski definition) is 1. The van der Waals surface area contributed by atoms with Gasteiger partial charge in [0.05, 0.1) is 67.6 Å². The maximum Gasteiger partial charge on any atom is 0.203 e. The van der Waals surface area contributed by atoms with Crippen LogP contribution in [-0.2, 0) is 9.59 Å². The van der Waals surface area contributed by atoms with Crippen LogP contribution in [0, 0.1) is 0 Å². The van der Waals surface area contributed by atoms with Crippen molar-refractivity contribution in [2.45, 2.75) is 11.8 Å². The van der Waals surface area contributed by atoms with Gasteiger partial charge < -0.3 is 34.2 Å². The van der Waals surface area contributed by atoms with Crippen LogP contribution in [0.2, 0.25) is 0 Å². The molecule has 11 heteroatoms. The summed E-state index contributed by atoms with van der Waals surface area (Å²) in [6.45, 7) is 0.125. The number of rotatable bonds is 17. The molecule has 0 radical (unpaired) electrons. The Bertz CT molecular complexity index is 2170. The third-order valence-corrected chi connectivity index (χ3v) is 9.37. The Hall–Kier alpha value is -7.24. The molecule has 6 aromatic carbocycles. The lowest BCUT2D eigenvalue weighted by molar-refractivity contribution is -0.119. The second-order valence-electron chi connectivity index (χ2n) is 13.2. The summed E-state index contributed by atoms with van der Waals surface area (Å²) in [6.07, 6.45) is 2.37. The normalized spacial score (nSPS) is 10.4. The molecular formula is C50H52N2O9. The van der Waals surface area contributed by atoms with E-state index in [4.69, 9.17) is 34.2 Å². The summed E-state index contributed by atoms with van der Waals surface area (Å²) >= 11 is 0. The molecule has 6 aromatic rings. The van der Waals surface area contributed by atoms with E-state index in [1.165, 1.54) is 21.3 Å². The van der Waals surface area contributed by atoms with Crippen molar-refractivity contribution in [2.24, 2.45) is 10.7 Å². The zero-order chi connectivity index (χ0) is 44.0. The number of ether oxygens (including phenoxy) is 6. The molecular weight excluding hydrogens is 773 g/mol. The Kier molecular flexibility index (Phi) is 18.8. The number of methoxy groups -OCH3 is 6. The fourth-order valence-electron chi connectivity index (χ4n) is 6.51. The lowest BCUT2D eigenvalue weighted by atomic mass is 9.88. The number of nitrogens with two attached hydrogens (primary N) is 1. The largest absolute Gasteiger partial charge is 0.493 e. The molecule has 0 saturated carbocycles. The van der Waals surface area contributed by atoms with Crippen molar-refractivity contribution in [1.82, 2.24) is 0 Å². The van der Waals surface area contributed by atoms with E-state index < -0.39 is 0 Å². The zero-order valence-electron chi connectivity index (χ0n) is 35.3. The molecule has 0 atom stereocenters. The number of ketones is 2.